The minimum atomic E-state index is -0.0705. The van der Waals surface area contributed by atoms with Gasteiger partial charge < -0.3 is 0 Å². The van der Waals surface area contributed by atoms with Crippen LogP contribution in [0.4, 0.5) is 11.4 Å². The highest BCUT2D eigenvalue weighted by molar-refractivity contribution is 8.00. The van der Waals surface area contributed by atoms with Crippen molar-refractivity contribution in [2.24, 2.45) is 0 Å². The zero-order valence-electron chi connectivity index (χ0n) is 15.5. The number of tetrazole rings is 1. The second-order valence-electron chi connectivity index (χ2n) is 6.41. The molecule has 0 spiro atoms. The van der Waals surface area contributed by atoms with Crippen LogP contribution in [0.3, 0.4) is 0 Å². The minimum Gasteiger partial charge on any atom is -0.278 e. The number of anilines is 2. The fourth-order valence-corrected chi connectivity index (χ4v) is 5.13. The van der Waals surface area contributed by atoms with E-state index in [1.54, 1.807) is 21.3 Å². The molecule has 0 N–H and O–H groups in total. The van der Waals surface area contributed by atoms with E-state index in [0.29, 0.717) is 10.2 Å². The van der Waals surface area contributed by atoms with E-state index in [9.17, 15) is 4.79 Å². The third kappa shape index (κ3) is 3.58. The molecule has 5 rings (SSSR count). The Balaban J connectivity index is 1.44. The van der Waals surface area contributed by atoms with Crippen molar-refractivity contribution in [3.63, 3.8) is 0 Å². The maximum atomic E-state index is 13.4. The number of fused-ring (bicyclic) bond motifs is 2. The predicted molar refractivity (Wildman–Crippen MR) is 119 cm³/mol. The Morgan fingerprint density at radius 1 is 0.967 bits per heavy atom. The van der Waals surface area contributed by atoms with Crippen LogP contribution < -0.4 is 4.90 Å². The van der Waals surface area contributed by atoms with Crippen LogP contribution >= 0.6 is 35.1 Å². The average molecular weight is 452 g/mol. The molecule has 4 aromatic rings. The molecule has 6 nitrogen and oxygen atoms in total. The third-order valence-electron chi connectivity index (χ3n) is 4.50. The largest absolute Gasteiger partial charge is 0.278 e. The maximum absolute atomic E-state index is 13.4. The summed E-state index contributed by atoms with van der Waals surface area (Å²) in [5.41, 5.74) is 2.49. The summed E-state index contributed by atoms with van der Waals surface area (Å²) in [5.74, 6) is 0.108. The van der Waals surface area contributed by atoms with Crippen LogP contribution in [-0.4, -0.2) is 31.9 Å². The summed E-state index contributed by atoms with van der Waals surface area (Å²) in [5, 5.41) is 13.0. The molecule has 1 amide bonds. The zero-order valence-corrected chi connectivity index (χ0v) is 17.9. The van der Waals surface area contributed by atoms with E-state index in [1.807, 2.05) is 72.8 Å². The van der Waals surface area contributed by atoms with Crippen LogP contribution in [0, 0.1) is 0 Å². The monoisotopic (exact) mass is 451 g/mol. The molecular formula is C21H14ClN5OS2. The van der Waals surface area contributed by atoms with Crippen molar-refractivity contribution in [3.05, 3.63) is 77.8 Å². The zero-order chi connectivity index (χ0) is 20.5. The fourth-order valence-electron chi connectivity index (χ4n) is 3.19. The number of para-hydroxylation sites is 2. The van der Waals surface area contributed by atoms with Gasteiger partial charge in [0.05, 0.1) is 22.8 Å². The number of amides is 1. The van der Waals surface area contributed by atoms with Gasteiger partial charge in [0, 0.05) is 14.8 Å². The molecule has 30 heavy (non-hydrogen) atoms. The van der Waals surface area contributed by atoms with E-state index >= 15 is 0 Å². The normalized spacial score (nSPS) is 12.4. The van der Waals surface area contributed by atoms with Gasteiger partial charge in [0.15, 0.2) is 0 Å². The molecule has 1 aliphatic heterocycles. The van der Waals surface area contributed by atoms with E-state index < -0.39 is 0 Å². The number of aromatic nitrogens is 4. The van der Waals surface area contributed by atoms with E-state index in [2.05, 4.69) is 15.5 Å². The van der Waals surface area contributed by atoms with Gasteiger partial charge in [-0.05, 0) is 52.9 Å². The number of nitrogens with zero attached hydrogens (tertiary/aromatic N) is 5. The molecule has 2 heterocycles. The summed E-state index contributed by atoms with van der Waals surface area (Å²) < 4.78 is 1.63. The Hall–Kier alpha value is -2.81. The van der Waals surface area contributed by atoms with Crippen LogP contribution in [0.5, 0.6) is 0 Å². The van der Waals surface area contributed by atoms with Gasteiger partial charge in [0.1, 0.15) is 0 Å². The summed E-state index contributed by atoms with van der Waals surface area (Å²) in [6.07, 6.45) is 0. The van der Waals surface area contributed by atoms with Crippen molar-refractivity contribution in [2.45, 2.75) is 14.9 Å². The molecule has 0 atom stereocenters. The molecular weight excluding hydrogens is 438 g/mol. The van der Waals surface area contributed by atoms with Crippen molar-refractivity contribution in [1.29, 1.82) is 0 Å². The van der Waals surface area contributed by atoms with Crippen molar-refractivity contribution in [1.82, 2.24) is 20.2 Å². The summed E-state index contributed by atoms with van der Waals surface area (Å²) in [6.45, 7) is 0. The number of carbonyl (C=O) groups is 1. The first-order valence-electron chi connectivity index (χ1n) is 9.07. The van der Waals surface area contributed by atoms with Crippen LogP contribution in [0.25, 0.3) is 5.69 Å². The lowest BCUT2D eigenvalue weighted by Crippen LogP contribution is -2.30. The number of rotatable bonds is 4. The standard InChI is InChI=1S/C21H14ClN5OS2/c22-14-10-11-19-17(12-14)26(16-8-4-5-9-18(16)30-19)20(28)13-29-21-23-24-25-27(21)15-6-2-1-3-7-15/h1-12H,13H2. The third-order valence-corrected chi connectivity index (χ3v) is 6.77. The van der Waals surface area contributed by atoms with E-state index in [1.165, 1.54) is 11.8 Å². The molecule has 0 saturated heterocycles. The first-order chi connectivity index (χ1) is 14.7. The minimum absolute atomic E-state index is 0.0705. The van der Waals surface area contributed by atoms with Crippen LogP contribution in [0.2, 0.25) is 5.02 Å². The molecule has 1 aromatic heterocycles. The second kappa shape index (κ2) is 8.14. The van der Waals surface area contributed by atoms with Crippen molar-refractivity contribution >= 4 is 52.4 Å². The molecule has 0 radical (unpaired) electrons. The Bertz CT molecular complexity index is 1230. The number of hydrogen-bond donors (Lipinski definition) is 0. The van der Waals surface area contributed by atoms with Gasteiger partial charge in [-0.25, -0.2) is 0 Å². The van der Waals surface area contributed by atoms with E-state index in [0.717, 1.165) is 26.9 Å². The quantitative estimate of drug-likeness (QED) is 0.395. The Morgan fingerprint density at radius 2 is 1.73 bits per heavy atom. The summed E-state index contributed by atoms with van der Waals surface area (Å²) >= 11 is 9.17. The number of hydrogen-bond acceptors (Lipinski definition) is 6. The molecule has 148 valence electrons. The predicted octanol–water partition coefficient (Wildman–Crippen LogP) is 5.24. The van der Waals surface area contributed by atoms with Gasteiger partial charge in [-0.3, -0.25) is 9.69 Å². The smallest absolute Gasteiger partial charge is 0.242 e. The fraction of sp³-hybridized carbons (Fsp3) is 0.0476. The van der Waals surface area contributed by atoms with Crippen LogP contribution in [-0.2, 0) is 4.79 Å². The number of halogens is 1. The lowest BCUT2D eigenvalue weighted by molar-refractivity contribution is -0.115. The van der Waals surface area contributed by atoms with E-state index in [-0.39, 0.29) is 11.7 Å². The Morgan fingerprint density at radius 3 is 2.60 bits per heavy atom. The first kappa shape index (κ1) is 19.2. The highest BCUT2D eigenvalue weighted by Crippen LogP contribution is 2.49. The molecule has 0 bridgehead atoms. The Labute approximate surface area is 186 Å². The van der Waals surface area contributed by atoms with Crippen molar-refractivity contribution in [3.8, 4) is 5.69 Å². The number of benzene rings is 3. The summed E-state index contributed by atoms with van der Waals surface area (Å²) in [4.78, 5) is 17.1. The molecule has 0 fully saturated rings. The average Bonchev–Trinajstić information content (AvgIpc) is 3.25. The molecule has 9 heteroatoms. The van der Waals surface area contributed by atoms with Gasteiger partial charge >= 0.3 is 0 Å². The van der Waals surface area contributed by atoms with Gasteiger partial charge in [-0.2, -0.15) is 4.68 Å². The lowest BCUT2D eigenvalue weighted by Gasteiger charge is -2.31. The van der Waals surface area contributed by atoms with Gasteiger partial charge in [0.2, 0.25) is 11.1 Å². The number of carbonyl (C=O) groups excluding carboxylic acids is 1. The van der Waals surface area contributed by atoms with Crippen molar-refractivity contribution in [2.75, 3.05) is 10.7 Å². The molecule has 0 aliphatic carbocycles. The van der Waals surface area contributed by atoms with Gasteiger partial charge in [-0.1, -0.05) is 65.5 Å². The second-order valence-corrected chi connectivity index (χ2v) is 8.87. The Kier molecular flexibility index (Phi) is 5.20. The highest BCUT2D eigenvalue weighted by Gasteiger charge is 2.28. The SMILES string of the molecule is O=C(CSc1nnnn1-c1ccccc1)N1c2ccccc2Sc2ccc(Cl)cc21. The molecule has 0 saturated carbocycles. The van der Waals surface area contributed by atoms with Gasteiger partial charge in [-0.15, -0.1) is 5.10 Å². The maximum Gasteiger partial charge on any atom is 0.242 e. The topological polar surface area (TPSA) is 63.9 Å². The van der Waals surface area contributed by atoms with Crippen LogP contribution in [0.15, 0.2) is 87.7 Å². The van der Waals surface area contributed by atoms with E-state index in [4.69, 9.17) is 11.6 Å². The van der Waals surface area contributed by atoms with Crippen LogP contribution in [0.1, 0.15) is 0 Å². The summed E-state index contributed by atoms with van der Waals surface area (Å²) in [6, 6.07) is 23.1. The molecule has 0 unspecified atom stereocenters. The lowest BCUT2D eigenvalue weighted by atomic mass is 10.2. The highest BCUT2D eigenvalue weighted by atomic mass is 35.5. The van der Waals surface area contributed by atoms with Gasteiger partial charge in [0.25, 0.3) is 0 Å². The number of thioether (sulfide) groups is 1. The molecule has 1 aliphatic rings. The molecule has 3 aromatic carbocycles. The van der Waals surface area contributed by atoms with Crippen molar-refractivity contribution < 1.29 is 4.79 Å². The first-order valence-corrected chi connectivity index (χ1v) is 11.2. The summed E-state index contributed by atoms with van der Waals surface area (Å²) in [7, 11) is 0.